The molecule has 0 saturated heterocycles. The van der Waals surface area contributed by atoms with Crippen LogP contribution in [0.2, 0.25) is 0 Å². The third-order valence-electron chi connectivity index (χ3n) is 2.82. The van der Waals surface area contributed by atoms with Crippen molar-refractivity contribution in [1.29, 1.82) is 0 Å². The lowest BCUT2D eigenvalue weighted by Gasteiger charge is -2.12. The molecule has 3 N–H and O–H groups in total. The lowest BCUT2D eigenvalue weighted by molar-refractivity contribution is 0.403. The van der Waals surface area contributed by atoms with Crippen molar-refractivity contribution in [3.05, 3.63) is 46.9 Å². The van der Waals surface area contributed by atoms with Gasteiger partial charge in [0.05, 0.1) is 12.8 Å². The second kappa shape index (κ2) is 5.49. The SMILES string of the molecule is COc1cc(N)ccc1S(=O)(=O)Nc1ccc(=O)n(C)c1. The van der Waals surface area contributed by atoms with E-state index in [9.17, 15) is 13.2 Å². The molecule has 0 saturated carbocycles. The number of sulfonamides is 1. The first-order valence-electron chi connectivity index (χ1n) is 5.96. The van der Waals surface area contributed by atoms with Gasteiger partial charge in [-0.3, -0.25) is 9.52 Å². The number of ether oxygens (including phenoxy) is 1. The maximum absolute atomic E-state index is 12.4. The molecule has 0 bridgehead atoms. The number of pyridine rings is 1. The maximum atomic E-state index is 12.4. The van der Waals surface area contributed by atoms with Crippen molar-refractivity contribution in [2.45, 2.75) is 4.90 Å². The molecule has 1 heterocycles. The fourth-order valence-corrected chi connectivity index (χ4v) is 2.97. The number of nitrogens with zero attached hydrogens (tertiary/aromatic N) is 1. The highest BCUT2D eigenvalue weighted by Gasteiger charge is 2.20. The number of aryl methyl sites for hydroxylation is 1. The number of hydrogen-bond donors (Lipinski definition) is 2. The van der Waals surface area contributed by atoms with Crippen LogP contribution in [0.4, 0.5) is 11.4 Å². The molecule has 0 unspecified atom stereocenters. The van der Waals surface area contributed by atoms with E-state index in [1.54, 1.807) is 0 Å². The lowest BCUT2D eigenvalue weighted by Crippen LogP contribution is -2.18. The predicted molar refractivity (Wildman–Crippen MR) is 79.9 cm³/mol. The molecule has 0 aliphatic rings. The van der Waals surface area contributed by atoms with Gasteiger partial charge in [0, 0.05) is 31.1 Å². The van der Waals surface area contributed by atoms with Crippen molar-refractivity contribution in [1.82, 2.24) is 4.57 Å². The molecule has 2 rings (SSSR count). The van der Waals surface area contributed by atoms with Crippen LogP contribution in [-0.2, 0) is 17.1 Å². The smallest absolute Gasteiger partial charge is 0.265 e. The minimum absolute atomic E-state index is 0.0342. The summed E-state index contributed by atoms with van der Waals surface area (Å²) in [5.41, 5.74) is 6.04. The minimum Gasteiger partial charge on any atom is -0.495 e. The van der Waals surface area contributed by atoms with Gasteiger partial charge in [-0.25, -0.2) is 8.42 Å². The standard InChI is InChI=1S/C13H15N3O4S/c1-16-8-10(4-6-13(16)17)15-21(18,19)12-5-3-9(14)7-11(12)20-2/h3-8,15H,14H2,1-2H3. The van der Waals surface area contributed by atoms with Crippen molar-refractivity contribution in [2.75, 3.05) is 17.6 Å². The van der Waals surface area contributed by atoms with Crippen molar-refractivity contribution in [3.8, 4) is 5.75 Å². The Morgan fingerprint density at radius 1 is 1.24 bits per heavy atom. The summed E-state index contributed by atoms with van der Waals surface area (Å²) in [6.07, 6.45) is 1.39. The zero-order valence-corrected chi connectivity index (χ0v) is 12.3. The molecule has 7 nitrogen and oxygen atoms in total. The summed E-state index contributed by atoms with van der Waals surface area (Å²) in [5, 5.41) is 0. The molecule has 0 amide bonds. The molecule has 21 heavy (non-hydrogen) atoms. The van der Waals surface area contributed by atoms with Gasteiger partial charge in [-0.2, -0.15) is 0 Å². The summed E-state index contributed by atoms with van der Waals surface area (Å²) in [7, 11) is -0.956. The number of nitrogens with two attached hydrogens (primary N) is 1. The third kappa shape index (κ3) is 3.16. The molecule has 1 aromatic carbocycles. The average molecular weight is 309 g/mol. The molecular weight excluding hydrogens is 294 g/mol. The third-order valence-corrected chi connectivity index (χ3v) is 4.24. The maximum Gasteiger partial charge on any atom is 0.265 e. The fourth-order valence-electron chi connectivity index (χ4n) is 1.77. The van der Waals surface area contributed by atoms with E-state index in [0.29, 0.717) is 5.69 Å². The average Bonchev–Trinajstić information content (AvgIpc) is 2.42. The van der Waals surface area contributed by atoms with Crippen LogP contribution in [0, 0.1) is 0 Å². The number of methoxy groups -OCH3 is 1. The monoisotopic (exact) mass is 309 g/mol. The molecular formula is C13H15N3O4S. The van der Waals surface area contributed by atoms with Gasteiger partial charge in [-0.05, 0) is 18.2 Å². The van der Waals surface area contributed by atoms with E-state index >= 15 is 0 Å². The molecule has 0 atom stereocenters. The van der Waals surface area contributed by atoms with E-state index in [2.05, 4.69) is 4.72 Å². The summed E-state index contributed by atoms with van der Waals surface area (Å²) < 4.78 is 33.4. The summed E-state index contributed by atoms with van der Waals surface area (Å²) in [6, 6.07) is 6.92. The van der Waals surface area contributed by atoms with Crippen molar-refractivity contribution < 1.29 is 13.2 Å². The van der Waals surface area contributed by atoms with Crippen LogP contribution in [0.15, 0.2) is 46.2 Å². The van der Waals surface area contributed by atoms with Gasteiger partial charge in [0.2, 0.25) is 5.56 Å². The lowest BCUT2D eigenvalue weighted by atomic mass is 10.3. The van der Waals surface area contributed by atoms with Crippen LogP contribution in [0.1, 0.15) is 0 Å². The van der Waals surface area contributed by atoms with E-state index in [4.69, 9.17) is 10.5 Å². The summed E-state index contributed by atoms with van der Waals surface area (Å²) >= 11 is 0. The number of nitrogens with one attached hydrogen (secondary N) is 1. The first-order chi connectivity index (χ1) is 9.83. The number of anilines is 2. The number of aromatic nitrogens is 1. The molecule has 1 aromatic heterocycles. The van der Waals surface area contributed by atoms with Crippen LogP contribution < -0.4 is 20.8 Å². The molecule has 0 aliphatic heterocycles. The van der Waals surface area contributed by atoms with Crippen molar-refractivity contribution in [2.24, 2.45) is 7.05 Å². The highest BCUT2D eigenvalue weighted by atomic mass is 32.2. The number of rotatable bonds is 4. The predicted octanol–water partition coefficient (Wildman–Crippen LogP) is 0.777. The van der Waals surface area contributed by atoms with Gasteiger partial charge < -0.3 is 15.0 Å². The Labute approximate surface area is 122 Å². The number of hydrogen-bond acceptors (Lipinski definition) is 5. The Hall–Kier alpha value is -2.48. The minimum atomic E-state index is -3.85. The highest BCUT2D eigenvalue weighted by Crippen LogP contribution is 2.27. The van der Waals surface area contributed by atoms with Gasteiger partial charge in [-0.1, -0.05) is 0 Å². The Kier molecular flexibility index (Phi) is 3.90. The molecule has 0 fully saturated rings. The first-order valence-corrected chi connectivity index (χ1v) is 7.45. The first kappa shape index (κ1) is 14.9. The normalized spacial score (nSPS) is 11.1. The largest absolute Gasteiger partial charge is 0.495 e. The zero-order valence-electron chi connectivity index (χ0n) is 11.5. The molecule has 0 radical (unpaired) electrons. The Balaban J connectivity index is 2.43. The quantitative estimate of drug-likeness (QED) is 0.812. The second-order valence-corrected chi connectivity index (χ2v) is 6.03. The van der Waals surface area contributed by atoms with E-state index < -0.39 is 10.0 Å². The van der Waals surface area contributed by atoms with Crippen LogP contribution >= 0.6 is 0 Å². The Morgan fingerprint density at radius 3 is 2.57 bits per heavy atom. The van der Waals surface area contributed by atoms with Crippen LogP contribution in [0.5, 0.6) is 5.75 Å². The highest BCUT2D eigenvalue weighted by molar-refractivity contribution is 7.92. The number of benzene rings is 1. The Bertz CT molecular complexity index is 828. The summed E-state index contributed by atoms with van der Waals surface area (Å²) in [6.45, 7) is 0. The van der Waals surface area contributed by atoms with E-state index in [-0.39, 0.29) is 21.9 Å². The summed E-state index contributed by atoms with van der Waals surface area (Å²) in [5.74, 6) is 0.146. The van der Waals surface area contributed by atoms with Crippen molar-refractivity contribution >= 4 is 21.4 Å². The molecule has 2 aromatic rings. The van der Waals surface area contributed by atoms with Crippen molar-refractivity contribution in [3.63, 3.8) is 0 Å². The summed E-state index contributed by atoms with van der Waals surface area (Å²) in [4.78, 5) is 11.3. The van der Waals surface area contributed by atoms with Gasteiger partial charge in [0.25, 0.3) is 10.0 Å². The van der Waals surface area contributed by atoms with Gasteiger partial charge >= 0.3 is 0 Å². The van der Waals surface area contributed by atoms with E-state index in [0.717, 1.165) is 0 Å². The van der Waals surface area contributed by atoms with Gasteiger partial charge in [0.15, 0.2) is 0 Å². The number of nitrogen functional groups attached to an aromatic ring is 1. The van der Waals surface area contributed by atoms with E-state index in [1.807, 2.05) is 0 Å². The fraction of sp³-hybridized carbons (Fsp3) is 0.154. The molecule has 0 aliphatic carbocycles. The molecule has 0 spiro atoms. The van der Waals surface area contributed by atoms with Crippen LogP contribution in [0.25, 0.3) is 0 Å². The second-order valence-electron chi connectivity index (χ2n) is 4.38. The molecule has 8 heteroatoms. The van der Waals surface area contributed by atoms with Crippen LogP contribution in [-0.4, -0.2) is 20.1 Å². The zero-order chi connectivity index (χ0) is 15.6. The molecule has 112 valence electrons. The topological polar surface area (TPSA) is 103 Å². The Morgan fingerprint density at radius 2 is 1.95 bits per heavy atom. The van der Waals surface area contributed by atoms with Gasteiger partial charge in [-0.15, -0.1) is 0 Å². The van der Waals surface area contributed by atoms with Gasteiger partial charge in [0.1, 0.15) is 10.6 Å². The van der Waals surface area contributed by atoms with Crippen LogP contribution in [0.3, 0.4) is 0 Å². The van der Waals surface area contributed by atoms with E-state index in [1.165, 1.54) is 55.3 Å².